The van der Waals surface area contributed by atoms with E-state index in [1.165, 1.54) is 0 Å². The second-order valence-electron chi connectivity index (χ2n) is 4.30. The van der Waals surface area contributed by atoms with Crippen molar-refractivity contribution in [3.8, 4) is 0 Å². The van der Waals surface area contributed by atoms with Gasteiger partial charge in [0.2, 0.25) is 0 Å². The van der Waals surface area contributed by atoms with Crippen LogP contribution in [0.15, 0.2) is 18.2 Å². The number of carbonyl (C=O) groups excluding carboxylic acids is 1. The fraction of sp³-hybridized carbons (Fsp3) is 0.462. The molecule has 0 aliphatic carbocycles. The van der Waals surface area contributed by atoms with Crippen molar-refractivity contribution in [1.82, 2.24) is 4.90 Å². The van der Waals surface area contributed by atoms with Crippen LogP contribution in [0.25, 0.3) is 0 Å². The first-order valence-corrected chi connectivity index (χ1v) is 6.70. The van der Waals surface area contributed by atoms with Crippen molar-refractivity contribution < 1.29 is 9.90 Å². The highest BCUT2D eigenvalue weighted by Crippen LogP contribution is 2.18. The van der Waals surface area contributed by atoms with Crippen LogP contribution in [0.4, 0.5) is 0 Å². The van der Waals surface area contributed by atoms with E-state index in [2.05, 4.69) is 22.6 Å². The molecule has 1 rings (SSSR count). The van der Waals surface area contributed by atoms with Gasteiger partial charge >= 0.3 is 0 Å². The van der Waals surface area contributed by atoms with Crippen molar-refractivity contribution in [1.29, 1.82) is 0 Å². The van der Waals surface area contributed by atoms with Gasteiger partial charge in [-0.2, -0.15) is 0 Å². The molecule has 1 amide bonds. The van der Waals surface area contributed by atoms with Gasteiger partial charge in [0.05, 0.1) is 11.7 Å². The highest BCUT2D eigenvalue weighted by atomic mass is 127. The average molecular weight is 347 g/mol. The molecule has 1 aromatic carbocycles. The summed E-state index contributed by atoms with van der Waals surface area (Å²) in [6.07, 6.45) is 0.229. The van der Waals surface area contributed by atoms with E-state index in [1.54, 1.807) is 18.9 Å². The Morgan fingerprint density at radius 1 is 1.53 bits per heavy atom. The second kappa shape index (κ2) is 6.35. The van der Waals surface area contributed by atoms with Crippen molar-refractivity contribution in [2.45, 2.75) is 26.4 Å². The number of amides is 1. The highest BCUT2D eigenvalue weighted by molar-refractivity contribution is 14.1. The van der Waals surface area contributed by atoms with Crippen LogP contribution < -0.4 is 0 Å². The zero-order valence-electron chi connectivity index (χ0n) is 10.4. The molecule has 0 saturated heterocycles. The Kier molecular flexibility index (Phi) is 5.39. The number of halogens is 1. The minimum atomic E-state index is -0.373. The van der Waals surface area contributed by atoms with Crippen molar-refractivity contribution in [3.63, 3.8) is 0 Å². The van der Waals surface area contributed by atoms with E-state index in [9.17, 15) is 9.90 Å². The zero-order chi connectivity index (χ0) is 13.0. The van der Waals surface area contributed by atoms with Gasteiger partial charge in [0, 0.05) is 17.2 Å². The lowest BCUT2D eigenvalue weighted by molar-refractivity contribution is 0.0768. The maximum atomic E-state index is 12.2. The third kappa shape index (κ3) is 3.96. The van der Waals surface area contributed by atoms with Crippen molar-refractivity contribution in [2.75, 3.05) is 13.6 Å². The van der Waals surface area contributed by atoms with E-state index < -0.39 is 0 Å². The molecule has 0 aliphatic heterocycles. The maximum Gasteiger partial charge on any atom is 0.254 e. The second-order valence-corrected chi connectivity index (χ2v) is 5.38. The Morgan fingerprint density at radius 3 is 2.76 bits per heavy atom. The molecule has 0 radical (unpaired) electrons. The molecule has 17 heavy (non-hydrogen) atoms. The smallest absolute Gasteiger partial charge is 0.254 e. The molecule has 0 spiro atoms. The molecular weight excluding hydrogens is 329 g/mol. The lowest BCUT2D eigenvalue weighted by atomic mass is 10.1. The Hall–Kier alpha value is -0.620. The lowest BCUT2D eigenvalue weighted by Crippen LogP contribution is -2.30. The van der Waals surface area contributed by atoms with E-state index in [4.69, 9.17) is 0 Å². The first-order chi connectivity index (χ1) is 7.93. The summed E-state index contributed by atoms with van der Waals surface area (Å²) in [5, 5.41) is 9.21. The Balaban J connectivity index is 2.78. The number of aliphatic hydroxyl groups is 1. The van der Waals surface area contributed by atoms with E-state index in [0.717, 1.165) is 14.7 Å². The first-order valence-electron chi connectivity index (χ1n) is 5.62. The Morgan fingerprint density at radius 2 is 2.18 bits per heavy atom. The number of rotatable bonds is 4. The van der Waals surface area contributed by atoms with Crippen molar-refractivity contribution in [3.05, 3.63) is 32.9 Å². The van der Waals surface area contributed by atoms with Gasteiger partial charge in [0.15, 0.2) is 0 Å². The van der Waals surface area contributed by atoms with Crippen LogP contribution in [0.5, 0.6) is 0 Å². The summed E-state index contributed by atoms with van der Waals surface area (Å²) >= 11 is 2.20. The number of benzene rings is 1. The van der Waals surface area contributed by atoms with E-state index in [1.807, 2.05) is 25.1 Å². The van der Waals surface area contributed by atoms with Crippen LogP contribution >= 0.6 is 22.6 Å². The topological polar surface area (TPSA) is 40.5 Å². The predicted octanol–water partition coefficient (Wildman–Crippen LogP) is 2.44. The molecule has 0 aliphatic rings. The Labute approximate surface area is 116 Å². The minimum absolute atomic E-state index is 0.0127. The SMILES string of the molecule is Cc1cccc(C(=O)N(C)CCC(C)O)c1I. The summed E-state index contributed by atoms with van der Waals surface area (Å²) in [6.45, 7) is 4.30. The van der Waals surface area contributed by atoms with Crippen LogP contribution in [0, 0.1) is 10.5 Å². The third-order valence-electron chi connectivity index (χ3n) is 2.65. The van der Waals surface area contributed by atoms with E-state index in [-0.39, 0.29) is 12.0 Å². The molecule has 1 aromatic rings. The van der Waals surface area contributed by atoms with Gasteiger partial charge in [-0.1, -0.05) is 12.1 Å². The third-order valence-corrected chi connectivity index (χ3v) is 4.08. The fourth-order valence-corrected chi connectivity index (χ4v) is 2.09. The molecular formula is C13H18INO2. The maximum absolute atomic E-state index is 12.2. The monoisotopic (exact) mass is 347 g/mol. The van der Waals surface area contributed by atoms with Gasteiger partial charge in [0.1, 0.15) is 0 Å². The van der Waals surface area contributed by atoms with Crippen LogP contribution in [-0.2, 0) is 0 Å². The highest BCUT2D eigenvalue weighted by Gasteiger charge is 2.15. The summed E-state index contributed by atoms with van der Waals surface area (Å²) in [5.41, 5.74) is 1.85. The molecule has 1 unspecified atom stereocenters. The molecule has 4 heteroatoms. The number of hydrogen-bond donors (Lipinski definition) is 1. The number of aliphatic hydroxyl groups excluding tert-OH is 1. The molecule has 1 atom stereocenters. The van der Waals surface area contributed by atoms with Gasteiger partial charge < -0.3 is 10.0 Å². The predicted molar refractivity (Wildman–Crippen MR) is 77.2 cm³/mol. The zero-order valence-corrected chi connectivity index (χ0v) is 12.6. The summed E-state index contributed by atoms with van der Waals surface area (Å²) in [5.74, 6) is 0.0127. The van der Waals surface area contributed by atoms with Crippen LogP contribution in [0.2, 0.25) is 0 Å². The Bertz CT molecular complexity index is 404. The lowest BCUT2D eigenvalue weighted by Gasteiger charge is -2.19. The normalized spacial score (nSPS) is 12.3. The quantitative estimate of drug-likeness (QED) is 0.850. The number of nitrogens with zero attached hydrogens (tertiary/aromatic N) is 1. The fourth-order valence-electron chi connectivity index (χ4n) is 1.50. The van der Waals surface area contributed by atoms with Gasteiger partial charge in [-0.25, -0.2) is 0 Å². The van der Waals surface area contributed by atoms with Crippen molar-refractivity contribution in [2.24, 2.45) is 0 Å². The standard InChI is InChI=1S/C13H18INO2/c1-9-5-4-6-11(12(9)14)13(17)15(3)8-7-10(2)16/h4-6,10,16H,7-8H2,1-3H3. The largest absolute Gasteiger partial charge is 0.393 e. The summed E-state index contributed by atoms with van der Waals surface area (Å²) in [6, 6.07) is 5.73. The molecule has 1 N–H and O–H groups in total. The molecule has 0 saturated carbocycles. The minimum Gasteiger partial charge on any atom is -0.393 e. The molecule has 3 nitrogen and oxygen atoms in total. The summed E-state index contributed by atoms with van der Waals surface area (Å²) < 4.78 is 0.999. The van der Waals surface area contributed by atoms with Gasteiger partial charge in [-0.05, 0) is 54.5 Å². The van der Waals surface area contributed by atoms with Crippen LogP contribution in [-0.4, -0.2) is 35.6 Å². The summed E-state index contributed by atoms with van der Waals surface area (Å²) in [4.78, 5) is 13.8. The molecule has 0 fully saturated rings. The number of carbonyl (C=O) groups is 1. The average Bonchev–Trinajstić information content (AvgIpc) is 2.28. The van der Waals surface area contributed by atoms with Gasteiger partial charge in [-0.3, -0.25) is 4.79 Å². The van der Waals surface area contributed by atoms with Crippen molar-refractivity contribution >= 4 is 28.5 Å². The first kappa shape index (κ1) is 14.4. The van der Waals surface area contributed by atoms with Gasteiger partial charge in [-0.15, -0.1) is 0 Å². The van der Waals surface area contributed by atoms with Crippen LogP contribution in [0.1, 0.15) is 29.3 Å². The summed E-state index contributed by atoms with van der Waals surface area (Å²) in [7, 11) is 1.77. The number of aryl methyl sites for hydroxylation is 1. The molecule has 94 valence electrons. The molecule has 0 heterocycles. The van der Waals surface area contributed by atoms with E-state index >= 15 is 0 Å². The molecule has 0 bridgehead atoms. The number of hydrogen-bond acceptors (Lipinski definition) is 2. The van der Waals surface area contributed by atoms with Gasteiger partial charge in [0.25, 0.3) is 5.91 Å². The van der Waals surface area contributed by atoms with E-state index in [0.29, 0.717) is 13.0 Å². The molecule has 0 aromatic heterocycles. The van der Waals surface area contributed by atoms with Crippen LogP contribution in [0.3, 0.4) is 0 Å².